The lowest BCUT2D eigenvalue weighted by Crippen LogP contribution is -2.16. The van der Waals surface area contributed by atoms with Gasteiger partial charge in [0, 0.05) is 9.78 Å². The zero-order chi connectivity index (χ0) is 15.7. The first-order chi connectivity index (χ1) is 10.6. The number of thiophene rings is 1. The maximum absolute atomic E-state index is 12.4. The highest BCUT2D eigenvalue weighted by atomic mass is 32.2. The molecule has 2 aromatic heterocycles. The van der Waals surface area contributed by atoms with Crippen molar-refractivity contribution in [2.24, 2.45) is 0 Å². The Bertz CT molecular complexity index is 817. The smallest absolute Gasteiger partial charge is 0.259 e. The lowest BCUT2D eigenvalue weighted by molar-refractivity contribution is -0.114. The summed E-state index contributed by atoms with van der Waals surface area (Å²) in [5.41, 5.74) is 1.08. The first-order valence-electron chi connectivity index (χ1n) is 7.41. The lowest BCUT2D eigenvalue weighted by atomic mass is 9.97. The summed E-state index contributed by atoms with van der Waals surface area (Å²) < 4.78 is 0. The maximum Gasteiger partial charge on any atom is 0.259 e. The van der Waals surface area contributed by atoms with Crippen molar-refractivity contribution in [1.82, 2.24) is 9.97 Å². The molecule has 0 saturated heterocycles. The highest BCUT2D eigenvalue weighted by molar-refractivity contribution is 8.03. The van der Waals surface area contributed by atoms with Crippen LogP contribution in [0.15, 0.2) is 15.8 Å². The molecular formula is C16H18N2O2S2. The highest BCUT2D eigenvalue weighted by Crippen LogP contribution is 2.33. The maximum atomic E-state index is 12.4. The molecule has 1 N–H and O–H groups in total. The number of hydrogen-bond acceptors (Lipinski definition) is 5. The molecule has 0 unspecified atom stereocenters. The van der Waals surface area contributed by atoms with Gasteiger partial charge in [0.2, 0.25) is 0 Å². The summed E-state index contributed by atoms with van der Waals surface area (Å²) in [7, 11) is 0. The van der Waals surface area contributed by atoms with Crippen LogP contribution in [0.3, 0.4) is 0 Å². The van der Waals surface area contributed by atoms with Crippen LogP contribution in [-0.2, 0) is 24.1 Å². The first-order valence-corrected chi connectivity index (χ1v) is 9.45. The van der Waals surface area contributed by atoms with Crippen LogP contribution in [0.2, 0.25) is 0 Å². The van der Waals surface area contributed by atoms with E-state index in [0.29, 0.717) is 10.7 Å². The van der Waals surface area contributed by atoms with Crippen molar-refractivity contribution < 1.29 is 4.79 Å². The Balaban J connectivity index is 2.00. The summed E-state index contributed by atoms with van der Waals surface area (Å²) in [6.45, 7) is 1.84. The Labute approximate surface area is 137 Å². The molecule has 116 valence electrons. The van der Waals surface area contributed by atoms with Gasteiger partial charge in [0.1, 0.15) is 10.7 Å². The summed E-state index contributed by atoms with van der Waals surface area (Å²) in [4.78, 5) is 34.7. The molecule has 0 radical (unpaired) electrons. The SMILES string of the molecule is C/C=C(\SC)C(=O)Cc1nc2sc3c(c2c(=O)[nH]1)CCCC3. The number of hydrogen-bond donors (Lipinski definition) is 1. The lowest BCUT2D eigenvalue weighted by Gasteiger charge is -2.09. The number of aryl methyl sites for hydroxylation is 2. The van der Waals surface area contributed by atoms with E-state index in [2.05, 4.69) is 9.97 Å². The van der Waals surface area contributed by atoms with E-state index < -0.39 is 0 Å². The third-order valence-corrected chi connectivity index (χ3v) is 6.05. The second-order valence-corrected chi connectivity index (χ2v) is 7.29. The van der Waals surface area contributed by atoms with Gasteiger partial charge < -0.3 is 4.98 Å². The van der Waals surface area contributed by atoms with Gasteiger partial charge in [-0.2, -0.15) is 0 Å². The van der Waals surface area contributed by atoms with Crippen molar-refractivity contribution >= 4 is 39.1 Å². The van der Waals surface area contributed by atoms with Crippen molar-refractivity contribution in [1.29, 1.82) is 0 Å². The van der Waals surface area contributed by atoms with Gasteiger partial charge in [0.05, 0.1) is 11.8 Å². The van der Waals surface area contributed by atoms with Crippen LogP contribution in [0, 0.1) is 0 Å². The number of nitrogens with zero attached hydrogens (tertiary/aromatic N) is 1. The number of carbonyl (C=O) groups is 1. The number of nitrogens with one attached hydrogen (secondary N) is 1. The second-order valence-electron chi connectivity index (χ2n) is 5.36. The van der Waals surface area contributed by atoms with Crippen molar-refractivity contribution in [3.05, 3.63) is 37.6 Å². The molecule has 0 spiro atoms. The monoisotopic (exact) mass is 334 g/mol. The van der Waals surface area contributed by atoms with Crippen LogP contribution in [0.4, 0.5) is 0 Å². The number of carbonyl (C=O) groups excluding carboxylic acids is 1. The number of H-pyrrole nitrogens is 1. The standard InChI is InChI=1S/C16H18N2O2S2/c1-3-11(21-2)10(19)8-13-17-15(20)14-9-6-4-5-7-12(9)22-16(14)18-13/h3H,4-8H2,1-2H3,(H,17,18,20)/b11-3-. The minimum atomic E-state index is -0.0987. The predicted octanol–water partition coefficient (Wildman–Crippen LogP) is 3.24. The molecule has 0 atom stereocenters. The highest BCUT2D eigenvalue weighted by Gasteiger charge is 2.20. The molecule has 0 bridgehead atoms. The molecule has 2 heterocycles. The van der Waals surface area contributed by atoms with Gasteiger partial charge in [-0.05, 0) is 44.4 Å². The van der Waals surface area contributed by atoms with Crippen molar-refractivity contribution in [2.75, 3.05) is 6.26 Å². The average Bonchev–Trinajstić information content (AvgIpc) is 2.87. The van der Waals surface area contributed by atoms with Crippen LogP contribution in [0.1, 0.15) is 36.0 Å². The van der Waals surface area contributed by atoms with E-state index >= 15 is 0 Å². The molecule has 22 heavy (non-hydrogen) atoms. The third kappa shape index (κ3) is 2.77. The Morgan fingerprint density at radius 3 is 2.91 bits per heavy atom. The van der Waals surface area contributed by atoms with E-state index in [4.69, 9.17) is 0 Å². The number of ketones is 1. The Kier molecular flexibility index (Phi) is 4.49. The zero-order valence-electron chi connectivity index (χ0n) is 12.7. The number of aromatic nitrogens is 2. The molecule has 0 fully saturated rings. The minimum absolute atomic E-state index is 0.00109. The van der Waals surface area contributed by atoms with E-state index in [0.717, 1.165) is 29.5 Å². The largest absolute Gasteiger partial charge is 0.310 e. The van der Waals surface area contributed by atoms with Gasteiger partial charge in [-0.1, -0.05) is 6.08 Å². The molecular weight excluding hydrogens is 316 g/mol. The number of allylic oxidation sites excluding steroid dienone is 2. The van der Waals surface area contributed by atoms with E-state index in [-0.39, 0.29) is 17.8 Å². The van der Waals surface area contributed by atoms with Crippen LogP contribution >= 0.6 is 23.1 Å². The Morgan fingerprint density at radius 2 is 2.18 bits per heavy atom. The summed E-state index contributed by atoms with van der Waals surface area (Å²) in [6.07, 6.45) is 8.15. The number of thioether (sulfide) groups is 1. The first kappa shape index (κ1) is 15.5. The zero-order valence-corrected chi connectivity index (χ0v) is 14.3. The summed E-state index contributed by atoms with van der Waals surface area (Å²) in [5.74, 6) is 0.466. The number of rotatable bonds is 4. The Morgan fingerprint density at radius 1 is 1.41 bits per heavy atom. The van der Waals surface area contributed by atoms with Gasteiger partial charge in [-0.15, -0.1) is 23.1 Å². The van der Waals surface area contributed by atoms with Crippen molar-refractivity contribution in [2.45, 2.75) is 39.0 Å². The summed E-state index contributed by atoms with van der Waals surface area (Å²) in [5, 5.41) is 0.743. The molecule has 1 aliphatic carbocycles. The van der Waals surface area contributed by atoms with Crippen LogP contribution in [0.5, 0.6) is 0 Å². The van der Waals surface area contributed by atoms with Gasteiger partial charge in [0.15, 0.2) is 5.78 Å². The molecule has 4 nitrogen and oxygen atoms in total. The summed E-state index contributed by atoms with van der Waals surface area (Å²) in [6, 6.07) is 0. The van der Waals surface area contributed by atoms with E-state index in [1.807, 2.05) is 13.2 Å². The van der Waals surface area contributed by atoms with Crippen LogP contribution in [0.25, 0.3) is 10.2 Å². The molecule has 0 amide bonds. The second kappa shape index (κ2) is 6.38. The fourth-order valence-electron chi connectivity index (χ4n) is 2.92. The molecule has 1 aliphatic rings. The topological polar surface area (TPSA) is 62.8 Å². The van der Waals surface area contributed by atoms with E-state index in [1.165, 1.54) is 28.6 Å². The average molecular weight is 334 g/mol. The van der Waals surface area contributed by atoms with Crippen molar-refractivity contribution in [3.8, 4) is 0 Å². The van der Waals surface area contributed by atoms with Gasteiger partial charge in [-0.25, -0.2) is 4.98 Å². The summed E-state index contributed by atoms with van der Waals surface area (Å²) >= 11 is 3.03. The fourth-order valence-corrected chi connectivity index (χ4v) is 4.74. The number of Topliss-reactive ketones (excluding diaryl/α,β-unsaturated/α-hetero) is 1. The van der Waals surface area contributed by atoms with E-state index in [1.54, 1.807) is 17.4 Å². The molecule has 3 rings (SSSR count). The molecule has 6 heteroatoms. The minimum Gasteiger partial charge on any atom is -0.310 e. The van der Waals surface area contributed by atoms with Crippen LogP contribution < -0.4 is 5.56 Å². The van der Waals surface area contributed by atoms with Gasteiger partial charge in [-0.3, -0.25) is 9.59 Å². The van der Waals surface area contributed by atoms with Crippen molar-refractivity contribution in [3.63, 3.8) is 0 Å². The fraction of sp³-hybridized carbons (Fsp3) is 0.438. The predicted molar refractivity (Wildman–Crippen MR) is 92.9 cm³/mol. The number of fused-ring (bicyclic) bond motifs is 3. The van der Waals surface area contributed by atoms with Crippen LogP contribution in [-0.4, -0.2) is 22.0 Å². The normalized spacial score (nSPS) is 15.1. The Hall–Kier alpha value is -1.40. The molecule has 2 aromatic rings. The quantitative estimate of drug-likeness (QED) is 0.872. The molecule has 0 aromatic carbocycles. The van der Waals surface area contributed by atoms with Gasteiger partial charge >= 0.3 is 0 Å². The third-order valence-electron chi connectivity index (χ3n) is 3.96. The molecule has 0 saturated carbocycles. The van der Waals surface area contributed by atoms with E-state index in [9.17, 15) is 9.59 Å². The van der Waals surface area contributed by atoms with Gasteiger partial charge in [0.25, 0.3) is 5.56 Å². The molecule has 0 aliphatic heterocycles. The number of aromatic amines is 1.